The van der Waals surface area contributed by atoms with Gasteiger partial charge in [0.25, 0.3) is 5.91 Å². The number of nitrogens with one attached hydrogen (secondary N) is 1. The van der Waals surface area contributed by atoms with Crippen LogP contribution < -0.4 is 5.32 Å². The summed E-state index contributed by atoms with van der Waals surface area (Å²) >= 11 is 0. The summed E-state index contributed by atoms with van der Waals surface area (Å²) in [5.41, 5.74) is 0. The Hall–Kier alpha value is -2.08. The topological polar surface area (TPSA) is 81.7 Å². The SMILES string of the molecule is CC(C)OC(=O)C[C@H](NC(=O)C(F)(F)C(F)(F)C(F)(F)F)C(=O)OC(C)C. The van der Waals surface area contributed by atoms with Gasteiger partial charge in [0.2, 0.25) is 0 Å². The molecule has 0 heterocycles. The molecule has 27 heavy (non-hydrogen) atoms. The molecule has 1 atom stereocenters. The van der Waals surface area contributed by atoms with Crippen molar-refractivity contribution in [2.45, 2.75) is 70.4 Å². The van der Waals surface area contributed by atoms with Crippen molar-refractivity contribution in [1.82, 2.24) is 5.32 Å². The van der Waals surface area contributed by atoms with E-state index in [0.29, 0.717) is 0 Å². The van der Waals surface area contributed by atoms with Crippen LogP contribution in [0.25, 0.3) is 0 Å². The minimum absolute atomic E-state index is 0.717. The Kier molecular flexibility index (Phi) is 8.07. The first-order valence-electron chi connectivity index (χ1n) is 7.46. The van der Waals surface area contributed by atoms with Gasteiger partial charge < -0.3 is 14.8 Å². The second-order valence-electron chi connectivity index (χ2n) is 5.90. The standard InChI is InChI=1S/C14H18F7NO5/c1-6(2)26-9(23)5-8(10(24)27-7(3)4)22-11(25)12(15,16)13(17,18)14(19,20)21/h6-8H,5H2,1-4H3,(H,22,25)/t8-/m0/s1. The first-order valence-corrected chi connectivity index (χ1v) is 7.46. The monoisotopic (exact) mass is 413 g/mol. The van der Waals surface area contributed by atoms with Gasteiger partial charge in [-0.15, -0.1) is 0 Å². The molecule has 0 aliphatic rings. The number of ether oxygens (including phenoxy) is 2. The van der Waals surface area contributed by atoms with Gasteiger partial charge >= 0.3 is 30.0 Å². The molecule has 0 spiro atoms. The lowest BCUT2D eigenvalue weighted by Gasteiger charge is -2.28. The Labute approximate surface area is 149 Å². The summed E-state index contributed by atoms with van der Waals surface area (Å²) in [5, 5.41) is 1.00. The molecule has 0 unspecified atom stereocenters. The van der Waals surface area contributed by atoms with E-state index in [1.807, 2.05) is 0 Å². The first kappa shape index (κ1) is 24.9. The zero-order chi connectivity index (χ0) is 21.8. The van der Waals surface area contributed by atoms with E-state index in [1.54, 1.807) is 0 Å². The van der Waals surface area contributed by atoms with Crippen LogP contribution in [0.4, 0.5) is 30.7 Å². The molecule has 0 radical (unpaired) electrons. The number of carbonyl (C=O) groups excluding carboxylic acids is 3. The van der Waals surface area contributed by atoms with E-state index in [-0.39, 0.29) is 0 Å². The normalized spacial score (nSPS) is 14.1. The summed E-state index contributed by atoms with van der Waals surface area (Å²) in [6.07, 6.45) is -9.44. The molecule has 1 amide bonds. The van der Waals surface area contributed by atoms with Crippen LogP contribution in [0.3, 0.4) is 0 Å². The number of esters is 2. The predicted molar refractivity (Wildman–Crippen MR) is 75.0 cm³/mol. The molecule has 6 nitrogen and oxygen atoms in total. The maximum absolute atomic E-state index is 13.4. The van der Waals surface area contributed by atoms with Gasteiger partial charge in [-0.3, -0.25) is 9.59 Å². The molecule has 0 aromatic heterocycles. The summed E-state index contributed by atoms with van der Waals surface area (Å²) in [5.74, 6) is -18.8. The molecular formula is C14H18F7NO5. The molecule has 0 fully saturated rings. The highest BCUT2D eigenvalue weighted by Gasteiger charge is 2.76. The van der Waals surface area contributed by atoms with Crippen LogP contribution in [-0.2, 0) is 23.9 Å². The molecule has 0 aromatic carbocycles. The number of amides is 1. The fourth-order valence-electron chi connectivity index (χ4n) is 1.55. The van der Waals surface area contributed by atoms with Crippen molar-refractivity contribution in [1.29, 1.82) is 0 Å². The van der Waals surface area contributed by atoms with Crippen LogP contribution in [-0.4, -0.2) is 54.1 Å². The summed E-state index contributed by atoms with van der Waals surface area (Å²) in [6.45, 7) is 5.37. The van der Waals surface area contributed by atoms with Gasteiger partial charge in [0.15, 0.2) is 0 Å². The van der Waals surface area contributed by atoms with E-state index in [2.05, 4.69) is 9.47 Å². The van der Waals surface area contributed by atoms with Gasteiger partial charge in [-0.2, -0.15) is 30.7 Å². The van der Waals surface area contributed by atoms with Crippen LogP contribution in [0.1, 0.15) is 34.1 Å². The average molecular weight is 413 g/mol. The fourth-order valence-corrected chi connectivity index (χ4v) is 1.55. The number of halogens is 7. The summed E-state index contributed by atoms with van der Waals surface area (Å²) in [7, 11) is 0. The average Bonchev–Trinajstić information content (AvgIpc) is 2.43. The van der Waals surface area contributed by atoms with Crippen LogP contribution in [0, 0.1) is 0 Å². The molecule has 0 saturated heterocycles. The van der Waals surface area contributed by atoms with Crippen LogP contribution in [0.15, 0.2) is 0 Å². The highest BCUT2D eigenvalue weighted by molar-refractivity contribution is 5.91. The summed E-state index contributed by atoms with van der Waals surface area (Å²) in [6, 6.07) is -2.26. The Morgan fingerprint density at radius 2 is 1.30 bits per heavy atom. The number of rotatable bonds is 8. The minimum atomic E-state index is -6.74. The Morgan fingerprint density at radius 3 is 1.67 bits per heavy atom. The quantitative estimate of drug-likeness (QED) is 0.489. The highest BCUT2D eigenvalue weighted by Crippen LogP contribution is 2.46. The Bertz CT molecular complexity index is 561. The Morgan fingerprint density at radius 1 is 0.852 bits per heavy atom. The third-order valence-corrected chi connectivity index (χ3v) is 2.72. The second kappa shape index (κ2) is 8.74. The first-order chi connectivity index (χ1) is 11.9. The second-order valence-corrected chi connectivity index (χ2v) is 5.90. The highest BCUT2D eigenvalue weighted by atomic mass is 19.4. The molecule has 13 heteroatoms. The maximum atomic E-state index is 13.4. The van der Waals surface area contributed by atoms with Gasteiger partial charge in [-0.05, 0) is 27.7 Å². The molecule has 1 N–H and O–H groups in total. The molecule has 158 valence electrons. The van der Waals surface area contributed by atoms with E-state index in [4.69, 9.17) is 0 Å². The third-order valence-electron chi connectivity index (χ3n) is 2.72. The van der Waals surface area contributed by atoms with Crippen LogP contribution >= 0.6 is 0 Å². The smallest absolute Gasteiger partial charge is 0.460 e. The molecule has 0 aliphatic carbocycles. The molecule has 0 rings (SSSR count). The van der Waals surface area contributed by atoms with E-state index >= 15 is 0 Å². The number of carbonyl (C=O) groups is 3. The lowest BCUT2D eigenvalue weighted by atomic mass is 10.1. The van der Waals surface area contributed by atoms with Gasteiger partial charge in [-0.25, -0.2) is 4.79 Å². The predicted octanol–water partition coefficient (Wildman–Crippen LogP) is 2.60. The van der Waals surface area contributed by atoms with E-state index in [9.17, 15) is 45.1 Å². The van der Waals surface area contributed by atoms with E-state index < -0.39 is 60.5 Å². The Balaban J connectivity index is 5.55. The molecule has 0 saturated carbocycles. The van der Waals surface area contributed by atoms with E-state index in [1.165, 1.54) is 27.7 Å². The molecule has 0 aromatic rings. The fraction of sp³-hybridized carbons (Fsp3) is 0.786. The van der Waals surface area contributed by atoms with E-state index in [0.717, 1.165) is 5.32 Å². The van der Waals surface area contributed by atoms with Crippen LogP contribution in [0.2, 0.25) is 0 Å². The summed E-state index contributed by atoms with van der Waals surface area (Å²) in [4.78, 5) is 34.7. The van der Waals surface area contributed by atoms with Crippen molar-refractivity contribution < 1.29 is 54.6 Å². The van der Waals surface area contributed by atoms with Gasteiger partial charge in [0.1, 0.15) is 6.04 Å². The molecule has 0 aliphatic heterocycles. The number of alkyl halides is 7. The summed E-state index contributed by atoms with van der Waals surface area (Å²) < 4.78 is 98.2. The van der Waals surface area contributed by atoms with Gasteiger partial charge in [-0.1, -0.05) is 0 Å². The van der Waals surface area contributed by atoms with Gasteiger partial charge in [0.05, 0.1) is 18.6 Å². The van der Waals surface area contributed by atoms with Crippen molar-refractivity contribution in [2.24, 2.45) is 0 Å². The zero-order valence-electron chi connectivity index (χ0n) is 14.6. The lowest BCUT2D eigenvalue weighted by molar-refractivity contribution is -0.344. The van der Waals surface area contributed by atoms with Crippen molar-refractivity contribution >= 4 is 17.8 Å². The number of hydrogen-bond acceptors (Lipinski definition) is 5. The van der Waals surface area contributed by atoms with Crippen molar-refractivity contribution in [2.75, 3.05) is 0 Å². The van der Waals surface area contributed by atoms with Crippen molar-refractivity contribution in [3.63, 3.8) is 0 Å². The van der Waals surface area contributed by atoms with Crippen molar-refractivity contribution in [3.05, 3.63) is 0 Å². The largest absolute Gasteiger partial charge is 0.463 e. The number of hydrogen-bond donors (Lipinski definition) is 1. The zero-order valence-corrected chi connectivity index (χ0v) is 14.6. The third kappa shape index (κ3) is 6.54. The van der Waals surface area contributed by atoms with Crippen LogP contribution in [0.5, 0.6) is 0 Å². The maximum Gasteiger partial charge on any atom is 0.460 e. The molecular weight excluding hydrogens is 395 g/mol. The minimum Gasteiger partial charge on any atom is -0.463 e. The molecule has 0 bridgehead atoms. The van der Waals surface area contributed by atoms with Gasteiger partial charge in [0, 0.05) is 0 Å². The van der Waals surface area contributed by atoms with Crippen molar-refractivity contribution in [3.8, 4) is 0 Å². The lowest BCUT2D eigenvalue weighted by Crippen LogP contribution is -2.61.